The number of aryl methyl sites for hydroxylation is 1. The fourth-order valence-electron chi connectivity index (χ4n) is 4.00. The van der Waals surface area contributed by atoms with Crippen molar-refractivity contribution < 1.29 is 4.42 Å². The normalized spacial score (nSPS) is 18.1. The van der Waals surface area contributed by atoms with E-state index in [0.717, 1.165) is 32.9 Å². The first-order chi connectivity index (χ1) is 15.5. The van der Waals surface area contributed by atoms with Crippen molar-refractivity contribution in [2.45, 2.75) is 19.0 Å². The van der Waals surface area contributed by atoms with Gasteiger partial charge in [-0.25, -0.2) is 0 Å². The number of hydrogen-bond acceptors (Lipinski definition) is 3. The Morgan fingerprint density at radius 1 is 1.06 bits per heavy atom. The zero-order valence-electron chi connectivity index (χ0n) is 17.1. The van der Waals surface area contributed by atoms with Crippen LogP contribution >= 0.6 is 39.7 Å². The highest BCUT2D eigenvalue weighted by Gasteiger charge is 2.42. The van der Waals surface area contributed by atoms with Gasteiger partial charge in [0.25, 0.3) is 0 Å². The molecule has 0 unspecified atom stereocenters. The molecule has 160 valence electrons. The minimum absolute atomic E-state index is 0.167. The zero-order valence-corrected chi connectivity index (χ0v) is 20.3. The van der Waals surface area contributed by atoms with Gasteiger partial charge in [-0.1, -0.05) is 39.7 Å². The van der Waals surface area contributed by atoms with E-state index in [4.69, 9.17) is 28.2 Å². The number of thiocarbonyl (C=S) groups is 1. The molecule has 3 heterocycles. The van der Waals surface area contributed by atoms with E-state index in [9.17, 15) is 0 Å². The van der Waals surface area contributed by atoms with E-state index in [1.807, 2.05) is 54.6 Å². The average Bonchev–Trinajstić information content (AvgIpc) is 3.39. The number of pyridine rings is 1. The maximum absolute atomic E-state index is 6.42. The smallest absolute Gasteiger partial charge is 0.174 e. The summed E-state index contributed by atoms with van der Waals surface area (Å²) in [7, 11) is 0. The number of benzene rings is 2. The van der Waals surface area contributed by atoms with Gasteiger partial charge in [-0.05, 0) is 85.4 Å². The third kappa shape index (κ3) is 3.94. The molecular weight excluding hydrogens is 506 g/mol. The topological polar surface area (TPSA) is 41.3 Å². The molecule has 1 fully saturated rings. The third-order valence-electron chi connectivity index (χ3n) is 5.51. The summed E-state index contributed by atoms with van der Waals surface area (Å²) >= 11 is 15.5. The van der Waals surface area contributed by atoms with E-state index < -0.39 is 0 Å². The molecule has 1 aliphatic heterocycles. The monoisotopic (exact) mass is 523 g/mol. The Morgan fingerprint density at radius 2 is 1.88 bits per heavy atom. The SMILES string of the molecule is Cc1ccc(-c2ccc([C@H]3[C@H](c4ccccn4)NC(=S)N3c3ccc(Cl)cc3)o2)c(Br)c1. The molecule has 1 aliphatic rings. The van der Waals surface area contributed by atoms with Crippen LogP contribution in [0.4, 0.5) is 5.69 Å². The van der Waals surface area contributed by atoms with Gasteiger partial charge in [-0.15, -0.1) is 0 Å². The summed E-state index contributed by atoms with van der Waals surface area (Å²) in [6.07, 6.45) is 1.79. The van der Waals surface area contributed by atoms with Crippen molar-refractivity contribution >= 4 is 50.5 Å². The van der Waals surface area contributed by atoms with E-state index in [-0.39, 0.29) is 12.1 Å². The van der Waals surface area contributed by atoms with Crippen LogP contribution in [0.2, 0.25) is 5.02 Å². The molecule has 0 aliphatic carbocycles. The van der Waals surface area contributed by atoms with Crippen LogP contribution in [0.25, 0.3) is 11.3 Å². The minimum Gasteiger partial charge on any atom is -0.459 e. The van der Waals surface area contributed by atoms with Crippen LogP contribution in [0.1, 0.15) is 29.1 Å². The lowest BCUT2D eigenvalue weighted by Gasteiger charge is -2.26. The highest BCUT2D eigenvalue weighted by Crippen LogP contribution is 2.43. The van der Waals surface area contributed by atoms with Crippen molar-refractivity contribution in [3.05, 3.63) is 106 Å². The lowest BCUT2D eigenvalue weighted by molar-refractivity contribution is 0.439. The molecule has 0 bridgehead atoms. The van der Waals surface area contributed by atoms with Crippen LogP contribution in [-0.4, -0.2) is 10.1 Å². The molecule has 1 saturated heterocycles. The Labute approximate surface area is 205 Å². The molecule has 0 spiro atoms. The first-order valence-corrected chi connectivity index (χ1v) is 11.7. The van der Waals surface area contributed by atoms with E-state index in [2.05, 4.69) is 56.3 Å². The van der Waals surface area contributed by atoms with E-state index in [1.165, 1.54) is 5.56 Å². The Morgan fingerprint density at radius 3 is 2.59 bits per heavy atom. The summed E-state index contributed by atoms with van der Waals surface area (Å²) in [5.41, 5.74) is 4.01. The van der Waals surface area contributed by atoms with E-state index in [0.29, 0.717) is 10.1 Å². The molecule has 2 atom stereocenters. The summed E-state index contributed by atoms with van der Waals surface area (Å²) in [6, 6.07) is 23.4. The Balaban J connectivity index is 1.60. The van der Waals surface area contributed by atoms with Gasteiger partial charge in [0.15, 0.2) is 5.11 Å². The minimum atomic E-state index is -0.212. The molecule has 32 heavy (non-hydrogen) atoms. The van der Waals surface area contributed by atoms with Gasteiger partial charge in [0.1, 0.15) is 17.6 Å². The first kappa shape index (κ1) is 21.2. The van der Waals surface area contributed by atoms with Crippen LogP contribution < -0.4 is 10.2 Å². The van der Waals surface area contributed by atoms with Crippen LogP contribution in [0, 0.1) is 6.92 Å². The molecule has 2 aromatic heterocycles. The van der Waals surface area contributed by atoms with Crippen LogP contribution in [-0.2, 0) is 0 Å². The van der Waals surface area contributed by atoms with E-state index in [1.54, 1.807) is 6.20 Å². The summed E-state index contributed by atoms with van der Waals surface area (Å²) in [4.78, 5) is 6.65. The average molecular weight is 525 g/mol. The predicted molar refractivity (Wildman–Crippen MR) is 136 cm³/mol. The van der Waals surface area contributed by atoms with Gasteiger partial charge in [0, 0.05) is 26.9 Å². The maximum Gasteiger partial charge on any atom is 0.174 e. The molecule has 7 heteroatoms. The lowest BCUT2D eigenvalue weighted by atomic mass is 10.0. The lowest BCUT2D eigenvalue weighted by Crippen LogP contribution is -2.29. The molecule has 0 amide bonds. The fraction of sp³-hybridized carbons (Fsp3) is 0.120. The number of nitrogens with one attached hydrogen (secondary N) is 1. The second kappa shape index (κ2) is 8.70. The van der Waals surface area contributed by atoms with Crippen molar-refractivity contribution in [3.63, 3.8) is 0 Å². The second-order valence-electron chi connectivity index (χ2n) is 7.66. The maximum atomic E-state index is 6.42. The fourth-order valence-corrected chi connectivity index (χ4v) is 5.16. The molecule has 0 saturated carbocycles. The van der Waals surface area contributed by atoms with Gasteiger partial charge in [-0.2, -0.15) is 0 Å². The molecule has 1 N–H and O–H groups in total. The Bertz CT molecular complexity index is 1280. The molecule has 4 nitrogen and oxygen atoms in total. The van der Waals surface area contributed by atoms with Crippen LogP contribution in [0.3, 0.4) is 0 Å². The van der Waals surface area contributed by atoms with Gasteiger partial charge in [0.2, 0.25) is 0 Å². The molecule has 4 aromatic rings. The summed E-state index contributed by atoms with van der Waals surface area (Å²) in [5, 5.41) is 4.73. The zero-order chi connectivity index (χ0) is 22.2. The highest BCUT2D eigenvalue weighted by molar-refractivity contribution is 9.10. The van der Waals surface area contributed by atoms with Crippen LogP contribution in [0.5, 0.6) is 0 Å². The second-order valence-corrected chi connectivity index (χ2v) is 9.34. The summed E-state index contributed by atoms with van der Waals surface area (Å²) in [6.45, 7) is 2.06. The van der Waals surface area contributed by atoms with Crippen molar-refractivity contribution in [3.8, 4) is 11.3 Å². The number of nitrogens with zero attached hydrogens (tertiary/aromatic N) is 2. The molecule has 5 rings (SSSR count). The standard InChI is InChI=1S/C25H19BrClN3OS/c1-15-5-10-18(19(26)14-15)21-11-12-22(31-21)24-23(20-4-2-3-13-28-20)29-25(32)30(24)17-8-6-16(27)7-9-17/h2-14,23-24H,1H3,(H,29,32)/t23-,24-/m0/s1. The van der Waals surface area contributed by atoms with Gasteiger partial charge in [-0.3, -0.25) is 4.98 Å². The quantitative estimate of drug-likeness (QED) is 0.285. The van der Waals surface area contributed by atoms with Gasteiger partial charge < -0.3 is 14.6 Å². The van der Waals surface area contributed by atoms with Crippen molar-refractivity contribution in [1.29, 1.82) is 0 Å². The van der Waals surface area contributed by atoms with Crippen molar-refractivity contribution in [2.75, 3.05) is 4.90 Å². The number of anilines is 1. The number of furan rings is 1. The summed E-state index contributed by atoms with van der Waals surface area (Å²) < 4.78 is 7.42. The molecular formula is C25H19BrClN3OS. The summed E-state index contributed by atoms with van der Waals surface area (Å²) in [5.74, 6) is 1.59. The number of halogens is 2. The first-order valence-electron chi connectivity index (χ1n) is 10.1. The molecule has 0 radical (unpaired) electrons. The number of aromatic nitrogens is 1. The largest absolute Gasteiger partial charge is 0.459 e. The van der Waals surface area contributed by atoms with Gasteiger partial charge >= 0.3 is 0 Å². The Kier molecular flexibility index (Phi) is 5.76. The third-order valence-corrected chi connectivity index (χ3v) is 6.73. The predicted octanol–water partition coefficient (Wildman–Crippen LogP) is 7.24. The van der Waals surface area contributed by atoms with Crippen LogP contribution in [0.15, 0.2) is 87.9 Å². The highest BCUT2D eigenvalue weighted by atomic mass is 79.9. The van der Waals surface area contributed by atoms with Gasteiger partial charge in [0.05, 0.1) is 11.7 Å². The van der Waals surface area contributed by atoms with E-state index >= 15 is 0 Å². The molecule has 2 aromatic carbocycles. The van der Waals surface area contributed by atoms with Crippen molar-refractivity contribution in [2.24, 2.45) is 0 Å². The van der Waals surface area contributed by atoms with Crippen molar-refractivity contribution in [1.82, 2.24) is 10.3 Å². The number of rotatable bonds is 4. The Hall–Kier alpha value is -2.67. The number of hydrogen-bond donors (Lipinski definition) is 1.